The van der Waals surface area contributed by atoms with Crippen molar-refractivity contribution in [3.8, 4) is 0 Å². The van der Waals surface area contributed by atoms with Gasteiger partial charge in [0, 0.05) is 0 Å². The number of hydrogen-bond acceptors (Lipinski definition) is 1. The zero-order chi connectivity index (χ0) is 9.07. The van der Waals surface area contributed by atoms with Crippen molar-refractivity contribution in [3.63, 3.8) is 0 Å². The lowest BCUT2D eigenvalue weighted by molar-refractivity contribution is -0.140. The molecule has 11 heavy (non-hydrogen) atoms. The van der Waals surface area contributed by atoms with Crippen molar-refractivity contribution in [1.82, 2.24) is 0 Å². The first kappa shape index (κ1) is 11.0. The van der Waals surface area contributed by atoms with E-state index < -0.39 is 10.3 Å². The first-order chi connectivity index (χ1) is 4.92. The SMILES string of the molecule is CCC(Br)(CC(C)C)C(=O)O. The summed E-state index contributed by atoms with van der Waals surface area (Å²) in [6.07, 6.45) is 1.30. The van der Waals surface area contributed by atoms with E-state index in [-0.39, 0.29) is 0 Å². The number of carboxylic acid groups (broad SMARTS) is 1. The minimum Gasteiger partial charge on any atom is -0.480 e. The van der Waals surface area contributed by atoms with E-state index in [0.29, 0.717) is 18.8 Å². The van der Waals surface area contributed by atoms with Crippen molar-refractivity contribution >= 4 is 21.9 Å². The monoisotopic (exact) mass is 222 g/mol. The maximum atomic E-state index is 10.7. The number of carbonyl (C=O) groups is 1. The molecule has 0 aliphatic carbocycles. The molecule has 1 atom stereocenters. The Balaban J connectivity index is 4.22. The van der Waals surface area contributed by atoms with E-state index in [1.54, 1.807) is 0 Å². The van der Waals surface area contributed by atoms with Crippen LogP contribution >= 0.6 is 15.9 Å². The Morgan fingerprint density at radius 3 is 2.18 bits per heavy atom. The highest BCUT2D eigenvalue weighted by atomic mass is 79.9. The highest BCUT2D eigenvalue weighted by Gasteiger charge is 2.33. The summed E-state index contributed by atoms with van der Waals surface area (Å²) in [6.45, 7) is 5.93. The minimum absolute atomic E-state index is 0.408. The van der Waals surface area contributed by atoms with E-state index in [9.17, 15) is 4.79 Å². The van der Waals surface area contributed by atoms with E-state index in [2.05, 4.69) is 15.9 Å². The standard InChI is InChI=1S/C8H15BrO2/c1-4-8(9,7(10)11)5-6(2)3/h6H,4-5H2,1-3H3,(H,10,11). The Labute approximate surface area is 76.1 Å². The lowest BCUT2D eigenvalue weighted by atomic mass is 9.95. The van der Waals surface area contributed by atoms with Crippen molar-refractivity contribution in [3.05, 3.63) is 0 Å². The third-order valence-electron chi connectivity index (χ3n) is 1.68. The van der Waals surface area contributed by atoms with Crippen LogP contribution in [0.1, 0.15) is 33.6 Å². The van der Waals surface area contributed by atoms with E-state index in [0.717, 1.165) is 0 Å². The summed E-state index contributed by atoms with van der Waals surface area (Å²) in [5, 5.41) is 8.83. The number of hydrogen-bond donors (Lipinski definition) is 1. The molecule has 0 spiro atoms. The molecule has 0 saturated heterocycles. The first-order valence-electron chi connectivity index (χ1n) is 3.84. The molecule has 3 heteroatoms. The van der Waals surface area contributed by atoms with Gasteiger partial charge < -0.3 is 5.11 Å². The summed E-state index contributed by atoms with van der Waals surface area (Å²) in [6, 6.07) is 0. The van der Waals surface area contributed by atoms with Crippen LogP contribution in [0.2, 0.25) is 0 Å². The van der Waals surface area contributed by atoms with Gasteiger partial charge in [0.2, 0.25) is 0 Å². The van der Waals surface area contributed by atoms with Crippen LogP contribution in [0.5, 0.6) is 0 Å². The van der Waals surface area contributed by atoms with Crippen LogP contribution in [0.4, 0.5) is 0 Å². The minimum atomic E-state index is -0.756. The van der Waals surface area contributed by atoms with Gasteiger partial charge in [0.25, 0.3) is 0 Å². The van der Waals surface area contributed by atoms with Crippen molar-refractivity contribution in [2.24, 2.45) is 5.92 Å². The van der Waals surface area contributed by atoms with Crippen molar-refractivity contribution in [1.29, 1.82) is 0 Å². The van der Waals surface area contributed by atoms with Gasteiger partial charge in [0.1, 0.15) is 4.32 Å². The summed E-state index contributed by atoms with van der Waals surface area (Å²) in [5.41, 5.74) is 0. The molecule has 1 N–H and O–H groups in total. The predicted molar refractivity (Wildman–Crippen MR) is 49.0 cm³/mol. The van der Waals surface area contributed by atoms with Gasteiger partial charge >= 0.3 is 5.97 Å². The van der Waals surface area contributed by atoms with Gasteiger partial charge in [0.15, 0.2) is 0 Å². The van der Waals surface area contributed by atoms with Gasteiger partial charge in [-0.3, -0.25) is 4.79 Å². The van der Waals surface area contributed by atoms with Crippen LogP contribution in [-0.4, -0.2) is 15.4 Å². The molecule has 0 rings (SSSR count). The molecule has 2 nitrogen and oxygen atoms in total. The van der Waals surface area contributed by atoms with Gasteiger partial charge in [-0.05, 0) is 18.8 Å². The van der Waals surface area contributed by atoms with E-state index in [1.165, 1.54) is 0 Å². The molecule has 0 aromatic carbocycles. The largest absolute Gasteiger partial charge is 0.480 e. The van der Waals surface area contributed by atoms with Crippen LogP contribution in [0.15, 0.2) is 0 Å². The fourth-order valence-electron chi connectivity index (χ4n) is 1.03. The lowest BCUT2D eigenvalue weighted by Gasteiger charge is -2.22. The Morgan fingerprint density at radius 1 is 1.64 bits per heavy atom. The Bertz CT molecular complexity index is 145. The van der Waals surface area contributed by atoms with Gasteiger partial charge in [-0.25, -0.2) is 0 Å². The lowest BCUT2D eigenvalue weighted by Crippen LogP contribution is -2.32. The molecule has 0 bridgehead atoms. The van der Waals surface area contributed by atoms with Crippen molar-refractivity contribution < 1.29 is 9.90 Å². The summed E-state index contributed by atoms with van der Waals surface area (Å²) in [4.78, 5) is 10.7. The normalized spacial score (nSPS) is 16.5. The molecule has 0 aromatic rings. The fourth-order valence-corrected chi connectivity index (χ4v) is 1.68. The van der Waals surface area contributed by atoms with Gasteiger partial charge in [-0.2, -0.15) is 0 Å². The molecular weight excluding hydrogens is 208 g/mol. The molecule has 0 amide bonds. The number of rotatable bonds is 4. The second kappa shape index (κ2) is 4.10. The molecule has 0 aliphatic rings. The van der Waals surface area contributed by atoms with E-state index in [4.69, 9.17) is 5.11 Å². The van der Waals surface area contributed by atoms with Crippen LogP contribution < -0.4 is 0 Å². The average molecular weight is 223 g/mol. The first-order valence-corrected chi connectivity index (χ1v) is 4.64. The highest BCUT2D eigenvalue weighted by Crippen LogP contribution is 2.30. The van der Waals surface area contributed by atoms with Crippen LogP contribution in [0.25, 0.3) is 0 Å². The van der Waals surface area contributed by atoms with Crippen LogP contribution in [0.3, 0.4) is 0 Å². The zero-order valence-corrected chi connectivity index (χ0v) is 8.81. The van der Waals surface area contributed by atoms with Crippen LogP contribution in [0, 0.1) is 5.92 Å². The molecule has 0 aromatic heterocycles. The second-order valence-corrected chi connectivity index (χ2v) is 4.74. The number of carboxylic acids is 1. The number of halogens is 1. The van der Waals surface area contributed by atoms with E-state index in [1.807, 2.05) is 20.8 Å². The fraction of sp³-hybridized carbons (Fsp3) is 0.875. The van der Waals surface area contributed by atoms with E-state index >= 15 is 0 Å². The second-order valence-electron chi connectivity index (χ2n) is 3.22. The molecule has 0 saturated carbocycles. The molecule has 0 heterocycles. The van der Waals surface area contributed by atoms with Gasteiger partial charge in [0.05, 0.1) is 0 Å². The number of alkyl halides is 1. The Hall–Kier alpha value is -0.0500. The van der Waals surface area contributed by atoms with Crippen molar-refractivity contribution in [2.45, 2.75) is 37.9 Å². The van der Waals surface area contributed by atoms with Gasteiger partial charge in [-0.1, -0.05) is 36.7 Å². The summed E-state index contributed by atoms with van der Waals surface area (Å²) in [7, 11) is 0. The quantitative estimate of drug-likeness (QED) is 0.744. The Kier molecular flexibility index (Phi) is 4.08. The smallest absolute Gasteiger partial charge is 0.320 e. The van der Waals surface area contributed by atoms with Crippen LogP contribution in [-0.2, 0) is 4.79 Å². The summed E-state index contributed by atoms with van der Waals surface area (Å²) in [5.74, 6) is -0.348. The molecular formula is C8H15BrO2. The summed E-state index contributed by atoms with van der Waals surface area (Å²) >= 11 is 3.25. The number of aliphatic carboxylic acids is 1. The highest BCUT2D eigenvalue weighted by molar-refractivity contribution is 9.10. The molecule has 66 valence electrons. The predicted octanol–water partition coefficient (Wildman–Crippen LogP) is 2.66. The molecule has 0 fully saturated rings. The van der Waals surface area contributed by atoms with Gasteiger partial charge in [-0.15, -0.1) is 0 Å². The zero-order valence-electron chi connectivity index (χ0n) is 7.22. The van der Waals surface area contributed by atoms with Crippen molar-refractivity contribution in [2.75, 3.05) is 0 Å². The maximum Gasteiger partial charge on any atom is 0.320 e. The molecule has 1 unspecified atom stereocenters. The Morgan fingerprint density at radius 2 is 2.09 bits per heavy atom. The third kappa shape index (κ3) is 3.23. The topological polar surface area (TPSA) is 37.3 Å². The average Bonchev–Trinajstić information content (AvgIpc) is 1.86. The molecule has 0 aliphatic heterocycles. The summed E-state index contributed by atoms with van der Waals surface area (Å²) < 4.78 is -0.707. The molecule has 0 radical (unpaired) electrons. The maximum absolute atomic E-state index is 10.7. The third-order valence-corrected chi connectivity index (χ3v) is 2.90.